The highest BCUT2D eigenvalue weighted by atomic mass is 16.5. The Balaban J connectivity index is 1.96. The first kappa shape index (κ1) is 16.3. The average Bonchev–Trinajstić information content (AvgIpc) is 3.36. The molecule has 1 fully saturated rings. The fraction of sp³-hybridized carbons (Fsp3) is 0.444. The molecule has 2 rings (SSSR count). The summed E-state index contributed by atoms with van der Waals surface area (Å²) in [5.74, 6) is 0.402. The van der Waals surface area contributed by atoms with Gasteiger partial charge in [-0.05, 0) is 49.0 Å². The van der Waals surface area contributed by atoms with Crippen LogP contribution < -0.4 is 0 Å². The van der Waals surface area contributed by atoms with E-state index in [0.717, 1.165) is 25.1 Å². The summed E-state index contributed by atoms with van der Waals surface area (Å²) in [5.41, 5.74) is 1.40. The number of esters is 1. The van der Waals surface area contributed by atoms with Gasteiger partial charge in [-0.1, -0.05) is 19.1 Å². The molecule has 1 aliphatic carbocycles. The first-order valence-electron chi connectivity index (χ1n) is 7.79. The highest BCUT2D eigenvalue weighted by molar-refractivity contribution is 5.92. The zero-order valence-corrected chi connectivity index (χ0v) is 13.2. The van der Waals surface area contributed by atoms with Crippen LogP contribution in [0.25, 0.3) is 6.08 Å². The lowest BCUT2D eigenvalue weighted by atomic mass is 10.1. The lowest BCUT2D eigenvalue weighted by molar-refractivity contribution is -0.126. The number of nitrogens with zero attached hydrogens (tertiary/aromatic N) is 1. The number of ether oxygens (including phenoxy) is 1. The summed E-state index contributed by atoms with van der Waals surface area (Å²) in [4.78, 5) is 25.5. The van der Waals surface area contributed by atoms with Gasteiger partial charge in [-0.25, -0.2) is 4.79 Å². The highest BCUT2D eigenvalue weighted by Crippen LogP contribution is 2.29. The number of hydrogen-bond donors (Lipinski definition) is 0. The number of benzene rings is 1. The van der Waals surface area contributed by atoms with Crippen molar-refractivity contribution in [1.82, 2.24) is 4.90 Å². The van der Waals surface area contributed by atoms with Crippen molar-refractivity contribution in [3.63, 3.8) is 0 Å². The van der Waals surface area contributed by atoms with Crippen LogP contribution >= 0.6 is 0 Å². The zero-order valence-electron chi connectivity index (χ0n) is 13.2. The van der Waals surface area contributed by atoms with Crippen LogP contribution in [0.4, 0.5) is 0 Å². The van der Waals surface area contributed by atoms with Gasteiger partial charge < -0.3 is 9.64 Å². The number of amides is 1. The molecule has 0 aliphatic heterocycles. The molecule has 1 aromatic rings. The normalized spacial score (nSPS) is 14.1. The third-order valence-electron chi connectivity index (χ3n) is 3.73. The molecule has 0 unspecified atom stereocenters. The Morgan fingerprint density at radius 1 is 1.27 bits per heavy atom. The van der Waals surface area contributed by atoms with Crippen molar-refractivity contribution in [3.8, 4) is 0 Å². The number of carbonyl (C=O) groups excluding carboxylic acids is 2. The van der Waals surface area contributed by atoms with Gasteiger partial charge in [0.25, 0.3) is 0 Å². The van der Waals surface area contributed by atoms with E-state index in [0.29, 0.717) is 11.5 Å². The second-order valence-electron chi connectivity index (χ2n) is 5.67. The van der Waals surface area contributed by atoms with Crippen molar-refractivity contribution in [3.05, 3.63) is 41.5 Å². The van der Waals surface area contributed by atoms with Crippen molar-refractivity contribution in [1.29, 1.82) is 0 Å². The summed E-state index contributed by atoms with van der Waals surface area (Å²) >= 11 is 0. The van der Waals surface area contributed by atoms with Gasteiger partial charge in [0.15, 0.2) is 0 Å². The maximum Gasteiger partial charge on any atom is 0.337 e. The van der Waals surface area contributed by atoms with E-state index in [1.807, 2.05) is 4.90 Å². The van der Waals surface area contributed by atoms with Gasteiger partial charge in [0.05, 0.1) is 12.7 Å². The standard InChI is InChI=1S/C18H23NO3/c1-3-12-19(13-15-4-5-15)17(20)11-8-14-6-9-16(10-7-14)18(21)22-2/h6-11,15H,3-5,12-13H2,1-2H3/b11-8+. The average molecular weight is 301 g/mol. The van der Waals surface area contributed by atoms with Crippen LogP contribution in [0.15, 0.2) is 30.3 Å². The second-order valence-corrected chi connectivity index (χ2v) is 5.67. The quantitative estimate of drug-likeness (QED) is 0.574. The summed E-state index contributed by atoms with van der Waals surface area (Å²) in [6.07, 6.45) is 6.86. The number of carbonyl (C=O) groups is 2. The van der Waals surface area contributed by atoms with E-state index >= 15 is 0 Å². The van der Waals surface area contributed by atoms with Gasteiger partial charge >= 0.3 is 5.97 Å². The van der Waals surface area contributed by atoms with E-state index in [4.69, 9.17) is 0 Å². The number of methoxy groups -OCH3 is 1. The van der Waals surface area contributed by atoms with Gasteiger partial charge in [0.2, 0.25) is 5.91 Å². The van der Waals surface area contributed by atoms with Crippen molar-refractivity contribution < 1.29 is 14.3 Å². The smallest absolute Gasteiger partial charge is 0.337 e. The monoisotopic (exact) mass is 301 g/mol. The lowest BCUT2D eigenvalue weighted by Gasteiger charge is -2.20. The maximum absolute atomic E-state index is 12.3. The van der Waals surface area contributed by atoms with E-state index < -0.39 is 0 Å². The molecule has 1 amide bonds. The molecule has 118 valence electrons. The van der Waals surface area contributed by atoms with E-state index in [1.54, 1.807) is 36.4 Å². The van der Waals surface area contributed by atoms with Crippen LogP contribution in [-0.4, -0.2) is 37.0 Å². The van der Waals surface area contributed by atoms with Gasteiger partial charge in [-0.2, -0.15) is 0 Å². The van der Waals surface area contributed by atoms with E-state index in [9.17, 15) is 9.59 Å². The molecule has 1 aliphatic rings. The predicted molar refractivity (Wildman–Crippen MR) is 86.4 cm³/mol. The van der Waals surface area contributed by atoms with Crippen molar-refractivity contribution in [2.24, 2.45) is 5.92 Å². The Bertz CT molecular complexity index is 544. The molecule has 0 saturated heterocycles. The molecular weight excluding hydrogens is 278 g/mol. The molecule has 4 nitrogen and oxygen atoms in total. The predicted octanol–water partition coefficient (Wildman–Crippen LogP) is 3.14. The molecule has 0 atom stereocenters. The Kier molecular flexibility index (Phi) is 5.75. The minimum Gasteiger partial charge on any atom is -0.465 e. The van der Waals surface area contributed by atoms with Gasteiger partial charge in [-0.15, -0.1) is 0 Å². The maximum atomic E-state index is 12.3. The Morgan fingerprint density at radius 2 is 1.95 bits per heavy atom. The molecule has 0 heterocycles. The van der Waals surface area contributed by atoms with Gasteiger partial charge in [-0.3, -0.25) is 4.79 Å². The number of hydrogen-bond acceptors (Lipinski definition) is 3. The third kappa shape index (κ3) is 4.72. The lowest BCUT2D eigenvalue weighted by Crippen LogP contribution is -2.32. The molecule has 22 heavy (non-hydrogen) atoms. The first-order valence-corrected chi connectivity index (χ1v) is 7.79. The van der Waals surface area contributed by atoms with E-state index in [1.165, 1.54) is 20.0 Å². The summed E-state index contributed by atoms with van der Waals surface area (Å²) in [6.45, 7) is 3.77. The third-order valence-corrected chi connectivity index (χ3v) is 3.73. The molecule has 1 aromatic carbocycles. The highest BCUT2D eigenvalue weighted by Gasteiger charge is 2.25. The van der Waals surface area contributed by atoms with Crippen molar-refractivity contribution >= 4 is 18.0 Å². The Morgan fingerprint density at radius 3 is 2.50 bits per heavy atom. The SMILES string of the molecule is CCCN(CC1CC1)C(=O)/C=C/c1ccc(C(=O)OC)cc1. The molecule has 0 bridgehead atoms. The first-order chi connectivity index (χ1) is 10.6. The number of rotatable bonds is 7. The van der Waals surface area contributed by atoms with Crippen LogP contribution in [0.5, 0.6) is 0 Å². The molecular formula is C18H23NO3. The summed E-state index contributed by atoms with van der Waals surface area (Å²) in [7, 11) is 1.36. The zero-order chi connectivity index (χ0) is 15.9. The Labute approximate surface area is 131 Å². The second kappa shape index (κ2) is 7.78. The van der Waals surface area contributed by atoms with Crippen LogP contribution in [0, 0.1) is 5.92 Å². The van der Waals surface area contributed by atoms with Crippen LogP contribution in [-0.2, 0) is 9.53 Å². The Hall–Kier alpha value is -2.10. The fourth-order valence-electron chi connectivity index (χ4n) is 2.29. The summed E-state index contributed by atoms with van der Waals surface area (Å²) in [5, 5.41) is 0. The molecule has 0 aromatic heterocycles. The molecule has 1 saturated carbocycles. The van der Waals surface area contributed by atoms with E-state index in [-0.39, 0.29) is 11.9 Å². The van der Waals surface area contributed by atoms with Crippen LogP contribution in [0.1, 0.15) is 42.1 Å². The van der Waals surface area contributed by atoms with Gasteiger partial charge in [0.1, 0.15) is 0 Å². The molecule has 0 N–H and O–H groups in total. The fourth-order valence-corrected chi connectivity index (χ4v) is 2.29. The largest absolute Gasteiger partial charge is 0.465 e. The summed E-state index contributed by atoms with van der Waals surface area (Å²) in [6, 6.07) is 7.01. The molecule has 0 radical (unpaired) electrons. The van der Waals surface area contributed by atoms with Crippen LogP contribution in [0.3, 0.4) is 0 Å². The minimum absolute atomic E-state index is 0.0609. The van der Waals surface area contributed by atoms with Crippen LogP contribution in [0.2, 0.25) is 0 Å². The topological polar surface area (TPSA) is 46.6 Å². The molecule has 0 spiro atoms. The van der Waals surface area contributed by atoms with Crippen molar-refractivity contribution in [2.45, 2.75) is 26.2 Å². The summed E-state index contributed by atoms with van der Waals surface area (Å²) < 4.78 is 4.66. The molecule has 4 heteroatoms. The minimum atomic E-state index is -0.356. The van der Waals surface area contributed by atoms with Crippen molar-refractivity contribution in [2.75, 3.05) is 20.2 Å². The van der Waals surface area contributed by atoms with Gasteiger partial charge in [0, 0.05) is 19.2 Å². The van der Waals surface area contributed by atoms with E-state index in [2.05, 4.69) is 11.7 Å².